The fourth-order valence-corrected chi connectivity index (χ4v) is 9.28. The minimum Gasteiger partial charge on any atom is -0.349 e. The van der Waals surface area contributed by atoms with E-state index in [-0.39, 0.29) is 17.7 Å². The van der Waals surface area contributed by atoms with E-state index in [1.165, 1.54) is 82.7 Å². The van der Waals surface area contributed by atoms with Gasteiger partial charge in [0.2, 0.25) is 6.29 Å². The number of nitrogens with zero attached hydrogens (tertiary/aromatic N) is 3. The molecule has 4 unspecified atom stereocenters. The summed E-state index contributed by atoms with van der Waals surface area (Å²) in [5, 5.41) is 11.7. The second-order valence-electron chi connectivity index (χ2n) is 13.4. The first-order chi connectivity index (χ1) is 22.1. The zero-order valence-electron chi connectivity index (χ0n) is 25.1. The van der Waals surface area contributed by atoms with Crippen LogP contribution in [0.3, 0.4) is 0 Å². The van der Waals surface area contributed by atoms with Crippen LogP contribution in [0.15, 0.2) is 132 Å². The van der Waals surface area contributed by atoms with Crippen LogP contribution in [0.5, 0.6) is 0 Å². The molecule has 3 aliphatic heterocycles. The molecule has 5 aliphatic rings. The third kappa shape index (κ3) is 2.74. The zero-order valence-corrected chi connectivity index (χ0v) is 25.1. The van der Waals surface area contributed by atoms with E-state index in [2.05, 4.69) is 150 Å². The number of anilines is 2. The summed E-state index contributed by atoms with van der Waals surface area (Å²) in [5.74, 6) is 0.336. The lowest BCUT2D eigenvalue weighted by Gasteiger charge is -2.34. The van der Waals surface area contributed by atoms with Gasteiger partial charge in [0.05, 0.1) is 22.8 Å². The van der Waals surface area contributed by atoms with E-state index in [0.717, 1.165) is 0 Å². The number of aromatic nitrogens is 1. The summed E-state index contributed by atoms with van der Waals surface area (Å²) in [7, 11) is 0. The van der Waals surface area contributed by atoms with Crippen molar-refractivity contribution < 1.29 is 0 Å². The van der Waals surface area contributed by atoms with Crippen LogP contribution in [0.2, 0.25) is 0 Å². The number of hydrogen-bond donors (Lipinski definition) is 1. The highest BCUT2D eigenvalue weighted by molar-refractivity contribution is 6.32. The average Bonchev–Trinajstić information content (AvgIpc) is 3.80. The van der Waals surface area contributed by atoms with E-state index in [9.17, 15) is 0 Å². The quantitative estimate of drug-likeness (QED) is 0.211. The van der Waals surface area contributed by atoms with Crippen molar-refractivity contribution in [2.75, 3.05) is 4.90 Å². The lowest BCUT2D eigenvalue weighted by molar-refractivity contribution is 0.460. The first kappa shape index (κ1) is 24.0. The van der Waals surface area contributed by atoms with Gasteiger partial charge in [-0.2, -0.15) is 0 Å². The predicted molar refractivity (Wildman–Crippen MR) is 187 cm³/mol. The number of nitrogens with one attached hydrogen (secondary N) is 1. The summed E-state index contributed by atoms with van der Waals surface area (Å²) in [6.07, 6.45) is 13.4. The molecule has 11 rings (SSSR count). The predicted octanol–water partition coefficient (Wildman–Crippen LogP) is 9.44. The molecule has 0 saturated carbocycles. The molecule has 5 aromatic carbocycles. The Morgan fingerprint density at radius 3 is 2.56 bits per heavy atom. The third-order valence-electron chi connectivity index (χ3n) is 11.1. The maximum atomic E-state index is 5.22. The van der Waals surface area contributed by atoms with Gasteiger partial charge in [0, 0.05) is 61.8 Å². The molecule has 0 saturated heterocycles. The molecule has 4 nitrogen and oxygen atoms in total. The highest BCUT2D eigenvalue weighted by atomic mass is 15.3. The SMILES string of the molecule is CC1C=CC2=C1NC(n1c3ccc4ccccc4c3c3c4ccccc4c4c(c31)C1(C)C=CC=C3c5ccccc5N4C31)N=C2. The monoisotopic (exact) mass is 578 g/mol. The fourth-order valence-electron chi connectivity index (χ4n) is 9.28. The molecule has 4 heterocycles. The standard InChI is InChI=1S/C41H30N4/c1-23-17-18-25-22-42-40(43-36(23)25)45-32-20-19-24-10-3-4-11-26(24)33(32)34-28-13-5-6-14-29(28)37-35(38(34)45)41(2)21-9-15-30-27-12-7-8-16-31(27)44(37)39(30)41/h3-23,39-40,43H,1-2H3. The number of allylic oxidation sites excluding steroid dienone is 5. The van der Waals surface area contributed by atoms with Gasteiger partial charge in [-0.3, -0.25) is 0 Å². The number of hydrogen-bond acceptors (Lipinski definition) is 3. The number of fused-ring (bicyclic) bond motifs is 15. The molecule has 0 radical (unpaired) electrons. The van der Waals surface area contributed by atoms with Crippen LogP contribution >= 0.6 is 0 Å². The van der Waals surface area contributed by atoms with Gasteiger partial charge >= 0.3 is 0 Å². The second-order valence-corrected chi connectivity index (χ2v) is 13.4. The van der Waals surface area contributed by atoms with Crippen molar-refractivity contribution in [3.8, 4) is 0 Å². The van der Waals surface area contributed by atoms with Crippen molar-refractivity contribution in [1.82, 2.24) is 9.88 Å². The molecule has 0 fully saturated rings. The van der Waals surface area contributed by atoms with Gasteiger partial charge in [0.15, 0.2) is 0 Å². The van der Waals surface area contributed by atoms with E-state index >= 15 is 0 Å². The van der Waals surface area contributed by atoms with Crippen molar-refractivity contribution >= 4 is 66.5 Å². The van der Waals surface area contributed by atoms with Crippen LogP contribution in [-0.4, -0.2) is 16.8 Å². The Labute approximate surface area is 261 Å². The lowest BCUT2D eigenvalue weighted by Crippen LogP contribution is -2.38. The Morgan fingerprint density at radius 1 is 0.844 bits per heavy atom. The Morgan fingerprint density at radius 2 is 1.64 bits per heavy atom. The summed E-state index contributed by atoms with van der Waals surface area (Å²) in [6.45, 7) is 4.72. The summed E-state index contributed by atoms with van der Waals surface area (Å²) >= 11 is 0. The van der Waals surface area contributed by atoms with Crippen molar-refractivity contribution in [3.05, 3.63) is 138 Å². The molecule has 0 amide bonds. The van der Waals surface area contributed by atoms with Crippen LogP contribution in [0, 0.1) is 5.92 Å². The summed E-state index contributed by atoms with van der Waals surface area (Å²) < 4.78 is 2.53. The van der Waals surface area contributed by atoms with Gasteiger partial charge in [-0.05, 0) is 40.8 Å². The molecule has 45 heavy (non-hydrogen) atoms. The zero-order chi connectivity index (χ0) is 29.6. The van der Waals surface area contributed by atoms with E-state index in [1.54, 1.807) is 0 Å². The minimum absolute atomic E-state index is 0.197. The minimum atomic E-state index is -0.258. The lowest BCUT2D eigenvalue weighted by atomic mass is 9.71. The average molecular weight is 579 g/mol. The first-order valence-electron chi connectivity index (χ1n) is 16.0. The molecule has 0 bridgehead atoms. The smallest absolute Gasteiger partial charge is 0.200 e. The van der Waals surface area contributed by atoms with Gasteiger partial charge in [0.1, 0.15) is 0 Å². The molecule has 1 N–H and O–H groups in total. The summed E-state index contributed by atoms with van der Waals surface area (Å²) in [5.41, 5.74) is 11.5. The normalized spacial score (nSPS) is 25.3. The van der Waals surface area contributed by atoms with Crippen LogP contribution in [-0.2, 0) is 5.41 Å². The molecule has 4 heteroatoms. The Balaban J connectivity index is 1.36. The second kappa shape index (κ2) is 8.02. The Hall–Kier alpha value is -5.35. The number of para-hydroxylation sites is 1. The Kier molecular flexibility index (Phi) is 4.28. The number of aliphatic imine (C=N–C) groups is 1. The molecular weight excluding hydrogens is 548 g/mol. The van der Waals surface area contributed by atoms with E-state index < -0.39 is 0 Å². The maximum absolute atomic E-state index is 5.22. The van der Waals surface area contributed by atoms with E-state index in [4.69, 9.17) is 4.99 Å². The molecule has 6 aromatic rings. The van der Waals surface area contributed by atoms with Crippen LogP contribution in [0.25, 0.3) is 48.9 Å². The highest BCUT2D eigenvalue weighted by Gasteiger charge is 2.56. The van der Waals surface area contributed by atoms with Crippen molar-refractivity contribution in [3.63, 3.8) is 0 Å². The molecule has 214 valence electrons. The fraction of sp³-hybridized carbons (Fsp3) is 0.146. The topological polar surface area (TPSA) is 32.6 Å². The van der Waals surface area contributed by atoms with Gasteiger partial charge < -0.3 is 14.8 Å². The number of benzene rings is 5. The molecule has 0 spiro atoms. The van der Waals surface area contributed by atoms with E-state index in [1.807, 2.05) is 0 Å². The molecule has 1 aromatic heterocycles. The largest absolute Gasteiger partial charge is 0.349 e. The van der Waals surface area contributed by atoms with E-state index in [0.29, 0.717) is 5.92 Å². The van der Waals surface area contributed by atoms with Gasteiger partial charge in [-0.1, -0.05) is 110 Å². The number of rotatable bonds is 1. The summed E-state index contributed by atoms with van der Waals surface area (Å²) in [4.78, 5) is 7.88. The van der Waals surface area contributed by atoms with Crippen LogP contribution in [0.1, 0.15) is 31.3 Å². The Bertz CT molecular complexity index is 2520. The highest BCUT2D eigenvalue weighted by Crippen LogP contribution is 2.64. The molecule has 2 aliphatic carbocycles. The first-order valence-corrected chi connectivity index (χ1v) is 16.0. The van der Waals surface area contributed by atoms with Crippen LogP contribution < -0.4 is 10.2 Å². The molecule has 4 atom stereocenters. The van der Waals surface area contributed by atoms with Crippen molar-refractivity contribution in [2.45, 2.75) is 31.6 Å². The van der Waals surface area contributed by atoms with Gasteiger partial charge in [-0.25, -0.2) is 4.99 Å². The van der Waals surface area contributed by atoms with Crippen molar-refractivity contribution in [2.24, 2.45) is 10.9 Å². The van der Waals surface area contributed by atoms with Crippen molar-refractivity contribution in [1.29, 1.82) is 0 Å². The third-order valence-corrected chi connectivity index (χ3v) is 11.1. The maximum Gasteiger partial charge on any atom is 0.200 e. The van der Waals surface area contributed by atoms with Crippen LogP contribution in [0.4, 0.5) is 11.4 Å². The van der Waals surface area contributed by atoms with Gasteiger partial charge in [-0.15, -0.1) is 0 Å². The molecular formula is C41H30N4. The van der Waals surface area contributed by atoms with Gasteiger partial charge in [0.25, 0.3) is 0 Å². The summed E-state index contributed by atoms with van der Waals surface area (Å²) in [6, 6.07) is 31.7.